The summed E-state index contributed by atoms with van der Waals surface area (Å²) in [5.74, 6) is 0.324. The number of hydrogen-bond acceptors (Lipinski definition) is 4. The van der Waals surface area contributed by atoms with Gasteiger partial charge in [-0.3, -0.25) is 4.68 Å². The summed E-state index contributed by atoms with van der Waals surface area (Å²) in [5.41, 5.74) is 3.40. The molecule has 0 saturated carbocycles. The monoisotopic (exact) mass is 341 g/mol. The van der Waals surface area contributed by atoms with E-state index < -0.39 is 12.6 Å². The number of aryl methyl sites for hydroxylation is 3. The Morgan fingerprint density at radius 1 is 1.29 bits per heavy atom. The molecule has 0 aliphatic carbocycles. The molecule has 0 spiro atoms. The van der Waals surface area contributed by atoms with E-state index in [-0.39, 0.29) is 12.5 Å². The van der Waals surface area contributed by atoms with Crippen LogP contribution in [0, 0.1) is 13.8 Å². The molecule has 0 amide bonds. The number of hydrogen-bond donors (Lipinski definition) is 1. The molecule has 0 aromatic carbocycles. The van der Waals surface area contributed by atoms with Gasteiger partial charge in [0.05, 0.1) is 11.7 Å². The molecule has 2 heterocycles. The van der Waals surface area contributed by atoms with Crippen LogP contribution < -0.4 is 5.32 Å². The average molecular weight is 341 g/mol. The van der Waals surface area contributed by atoms with Crippen LogP contribution in [0.3, 0.4) is 0 Å². The summed E-state index contributed by atoms with van der Waals surface area (Å²) in [6.07, 6.45) is -3.75. The molecule has 1 N–H and O–H groups in total. The molecule has 0 fully saturated rings. The first-order valence-electron chi connectivity index (χ1n) is 7.90. The summed E-state index contributed by atoms with van der Waals surface area (Å²) in [5, 5.41) is 7.63. The normalized spacial score (nSPS) is 13.1. The van der Waals surface area contributed by atoms with Gasteiger partial charge in [-0.15, -0.1) is 0 Å². The highest BCUT2D eigenvalue weighted by Crippen LogP contribution is 2.25. The van der Waals surface area contributed by atoms with Crippen molar-refractivity contribution in [2.24, 2.45) is 0 Å². The van der Waals surface area contributed by atoms with Gasteiger partial charge in [0, 0.05) is 36.1 Å². The van der Waals surface area contributed by atoms with Crippen molar-refractivity contribution in [1.82, 2.24) is 19.7 Å². The van der Waals surface area contributed by atoms with Crippen molar-refractivity contribution in [3.63, 3.8) is 0 Å². The number of rotatable bonds is 6. The minimum absolute atomic E-state index is 0.0943. The molecular weight excluding hydrogens is 319 g/mol. The Labute approximate surface area is 139 Å². The fourth-order valence-corrected chi connectivity index (χ4v) is 2.79. The van der Waals surface area contributed by atoms with Crippen molar-refractivity contribution in [2.75, 3.05) is 5.32 Å². The maximum absolute atomic E-state index is 12.3. The molecule has 0 bridgehead atoms. The van der Waals surface area contributed by atoms with Crippen molar-refractivity contribution in [3.05, 3.63) is 34.9 Å². The van der Waals surface area contributed by atoms with Crippen molar-refractivity contribution in [1.29, 1.82) is 0 Å². The van der Waals surface area contributed by atoms with E-state index in [0.717, 1.165) is 23.5 Å². The summed E-state index contributed by atoms with van der Waals surface area (Å²) in [6.45, 7) is 8.70. The smallest absolute Gasteiger partial charge is 0.348 e. The maximum atomic E-state index is 12.3. The molecule has 2 rings (SSSR count). The van der Waals surface area contributed by atoms with Crippen LogP contribution in [0.15, 0.2) is 12.3 Å². The quantitative estimate of drug-likeness (QED) is 0.863. The van der Waals surface area contributed by atoms with E-state index in [1.54, 1.807) is 0 Å². The molecule has 5 nitrogen and oxygen atoms in total. The maximum Gasteiger partial charge on any atom is 0.389 e. The van der Waals surface area contributed by atoms with Gasteiger partial charge in [0.2, 0.25) is 5.95 Å². The second kappa shape index (κ2) is 7.19. The van der Waals surface area contributed by atoms with Gasteiger partial charge >= 0.3 is 6.18 Å². The van der Waals surface area contributed by atoms with E-state index in [0.29, 0.717) is 11.6 Å². The van der Waals surface area contributed by atoms with Gasteiger partial charge in [0.15, 0.2) is 0 Å². The minimum Gasteiger partial charge on any atom is -0.348 e. The van der Waals surface area contributed by atoms with E-state index in [2.05, 4.69) is 20.4 Å². The molecule has 132 valence electrons. The highest BCUT2D eigenvalue weighted by molar-refractivity contribution is 5.36. The van der Waals surface area contributed by atoms with Gasteiger partial charge in [-0.2, -0.15) is 18.3 Å². The van der Waals surface area contributed by atoms with Crippen LogP contribution in [0.1, 0.15) is 49.0 Å². The lowest BCUT2D eigenvalue weighted by molar-refractivity contribution is -0.134. The number of aromatic nitrogens is 4. The lowest BCUT2D eigenvalue weighted by Gasteiger charge is -2.15. The van der Waals surface area contributed by atoms with Crippen molar-refractivity contribution in [2.45, 2.75) is 59.3 Å². The fraction of sp³-hybridized carbons (Fsp3) is 0.562. The summed E-state index contributed by atoms with van der Waals surface area (Å²) >= 11 is 0. The third kappa shape index (κ3) is 4.46. The zero-order valence-electron chi connectivity index (χ0n) is 14.3. The highest BCUT2D eigenvalue weighted by atomic mass is 19.4. The highest BCUT2D eigenvalue weighted by Gasteiger charge is 2.26. The number of nitrogens with zero attached hydrogens (tertiary/aromatic N) is 4. The number of nitrogens with one attached hydrogen (secondary N) is 1. The summed E-state index contributed by atoms with van der Waals surface area (Å²) in [7, 11) is 0. The molecule has 0 aliphatic heterocycles. The lowest BCUT2D eigenvalue weighted by Crippen LogP contribution is -2.13. The van der Waals surface area contributed by atoms with Gasteiger partial charge in [-0.25, -0.2) is 9.97 Å². The van der Waals surface area contributed by atoms with Crippen LogP contribution in [0.25, 0.3) is 0 Å². The average Bonchev–Trinajstić information content (AvgIpc) is 2.79. The standard InChI is InChI=1S/C16H22F3N5/c1-5-24-12(4)14(11(3)23-24)10(2)21-15-20-9-7-13(22-15)6-8-16(17,18)19/h7,9-10H,5-6,8H2,1-4H3,(H,20,21,22). The summed E-state index contributed by atoms with van der Waals surface area (Å²) in [4.78, 5) is 8.28. The van der Waals surface area contributed by atoms with Gasteiger partial charge < -0.3 is 5.32 Å². The number of halogens is 3. The van der Waals surface area contributed by atoms with Crippen LogP contribution >= 0.6 is 0 Å². The molecule has 24 heavy (non-hydrogen) atoms. The second-order valence-electron chi connectivity index (χ2n) is 5.75. The van der Waals surface area contributed by atoms with Gasteiger partial charge in [0.1, 0.15) is 0 Å². The molecule has 0 radical (unpaired) electrons. The second-order valence-corrected chi connectivity index (χ2v) is 5.75. The van der Waals surface area contributed by atoms with E-state index in [4.69, 9.17) is 0 Å². The SMILES string of the molecule is CCn1nc(C)c(C(C)Nc2nccc(CCC(F)(F)F)n2)c1C. The van der Waals surface area contributed by atoms with Gasteiger partial charge in [-0.1, -0.05) is 0 Å². The Hall–Kier alpha value is -2.12. The third-order valence-electron chi connectivity index (χ3n) is 3.89. The third-order valence-corrected chi connectivity index (χ3v) is 3.89. The predicted molar refractivity (Wildman–Crippen MR) is 85.8 cm³/mol. The molecule has 2 aromatic heterocycles. The molecular formula is C16H22F3N5. The predicted octanol–water partition coefficient (Wildman–Crippen LogP) is 3.98. The van der Waals surface area contributed by atoms with Gasteiger partial charge in [0.25, 0.3) is 0 Å². The Morgan fingerprint density at radius 3 is 2.58 bits per heavy atom. The topological polar surface area (TPSA) is 55.6 Å². The van der Waals surface area contributed by atoms with E-state index in [1.807, 2.05) is 32.4 Å². The fourth-order valence-electron chi connectivity index (χ4n) is 2.79. The molecule has 1 atom stereocenters. The van der Waals surface area contributed by atoms with Crippen LogP contribution in [0.5, 0.6) is 0 Å². The summed E-state index contributed by atoms with van der Waals surface area (Å²) < 4.78 is 38.9. The Kier molecular flexibility index (Phi) is 5.46. The molecule has 8 heteroatoms. The Morgan fingerprint density at radius 2 is 2.00 bits per heavy atom. The largest absolute Gasteiger partial charge is 0.389 e. The first-order valence-corrected chi connectivity index (χ1v) is 7.90. The molecule has 0 aliphatic rings. The first-order chi connectivity index (χ1) is 11.2. The Bertz CT molecular complexity index is 694. The van der Waals surface area contributed by atoms with Crippen molar-refractivity contribution < 1.29 is 13.2 Å². The first kappa shape index (κ1) is 18.2. The number of anilines is 1. The minimum atomic E-state index is -4.19. The zero-order valence-corrected chi connectivity index (χ0v) is 14.3. The Balaban J connectivity index is 2.12. The lowest BCUT2D eigenvalue weighted by atomic mass is 10.1. The van der Waals surface area contributed by atoms with Crippen molar-refractivity contribution >= 4 is 5.95 Å². The zero-order chi connectivity index (χ0) is 17.9. The van der Waals surface area contributed by atoms with Gasteiger partial charge in [-0.05, 0) is 40.2 Å². The van der Waals surface area contributed by atoms with Crippen LogP contribution in [0.2, 0.25) is 0 Å². The van der Waals surface area contributed by atoms with Crippen LogP contribution in [-0.4, -0.2) is 25.9 Å². The molecule has 2 aromatic rings. The van der Waals surface area contributed by atoms with E-state index in [1.165, 1.54) is 12.3 Å². The number of alkyl halides is 3. The van der Waals surface area contributed by atoms with Crippen LogP contribution in [-0.2, 0) is 13.0 Å². The van der Waals surface area contributed by atoms with Crippen LogP contribution in [0.4, 0.5) is 19.1 Å². The van der Waals surface area contributed by atoms with E-state index >= 15 is 0 Å². The molecule has 0 saturated heterocycles. The molecule has 1 unspecified atom stereocenters. The summed E-state index contributed by atoms with van der Waals surface area (Å²) in [6, 6.07) is 1.41. The van der Waals surface area contributed by atoms with E-state index in [9.17, 15) is 13.2 Å². The van der Waals surface area contributed by atoms with Crippen molar-refractivity contribution in [3.8, 4) is 0 Å².